The SMILES string of the molecule is NC(=S)c1cccc(Nc2ccc(Cl)c(Cl)c2)n1. The predicted molar refractivity (Wildman–Crippen MR) is 79.9 cm³/mol. The van der Waals surface area contributed by atoms with E-state index in [1.807, 2.05) is 18.2 Å². The molecule has 0 spiro atoms. The molecule has 0 saturated heterocycles. The van der Waals surface area contributed by atoms with Crippen LogP contribution in [0.15, 0.2) is 36.4 Å². The Morgan fingerprint density at radius 2 is 1.94 bits per heavy atom. The van der Waals surface area contributed by atoms with Crippen LogP contribution >= 0.6 is 35.4 Å². The molecule has 18 heavy (non-hydrogen) atoms. The third-order valence-corrected chi connectivity index (χ3v) is 3.14. The Hall–Kier alpha value is -1.36. The first-order chi connectivity index (χ1) is 8.56. The van der Waals surface area contributed by atoms with E-state index in [0.717, 1.165) is 5.69 Å². The molecule has 1 aromatic heterocycles. The molecule has 2 aromatic rings. The van der Waals surface area contributed by atoms with Gasteiger partial charge >= 0.3 is 0 Å². The maximum Gasteiger partial charge on any atom is 0.131 e. The Kier molecular flexibility index (Phi) is 4.01. The molecule has 1 heterocycles. The average Bonchev–Trinajstić information content (AvgIpc) is 2.34. The summed E-state index contributed by atoms with van der Waals surface area (Å²) in [6, 6.07) is 10.6. The maximum atomic E-state index is 5.93. The van der Waals surface area contributed by atoms with E-state index in [4.69, 9.17) is 41.2 Å². The van der Waals surface area contributed by atoms with Crippen LogP contribution < -0.4 is 11.1 Å². The number of aromatic nitrogens is 1. The Bertz CT molecular complexity index is 602. The Morgan fingerprint density at radius 1 is 1.17 bits per heavy atom. The minimum atomic E-state index is 0.257. The van der Waals surface area contributed by atoms with E-state index in [1.54, 1.807) is 18.2 Å². The zero-order chi connectivity index (χ0) is 13.1. The number of pyridine rings is 1. The number of hydrogen-bond donors (Lipinski definition) is 2. The maximum absolute atomic E-state index is 5.93. The molecular formula is C12H9Cl2N3S. The zero-order valence-electron chi connectivity index (χ0n) is 9.15. The van der Waals surface area contributed by atoms with Gasteiger partial charge in [0.05, 0.1) is 15.7 Å². The number of nitrogens with zero attached hydrogens (tertiary/aromatic N) is 1. The molecule has 0 unspecified atom stereocenters. The summed E-state index contributed by atoms with van der Waals surface area (Å²) in [6.45, 7) is 0. The van der Waals surface area contributed by atoms with Crippen LogP contribution in [0.2, 0.25) is 10.0 Å². The molecular weight excluding hydrogens is 289 g/mol. The third-order valence-electron chi connectivity index (χ3n) is 2.19. The summed E-state index contributed by atoms with van der Waals surface area (Å²) >= 11 is 16.6. The number of rotatable bonds is 3. The van der Waals surface area contributed by atoms with Crippen molar-refractivity contribution >= 4 is 51.9 Å². The highest BCUT2D eigenvalue weighted by Crippen LogP contribution is 2.26. The lowest BCUT2D eigenvalue weighted by Gasteiger charge is -2.07. The van der Waals surface area contributed by atoms with Gasteiger partial charge in [0.15, 0.2) is 0 Å². The fourth-order valence-corrected chi connectivity index (χ4v) is 1.78. The monoisotopic (exact) mass is 297 g/mol. The van der Waals surface area contributed by atoms with Crippen molar-refractivity contribution in [2.24, 2.45) is 5.73 Å². The lowest BCUT2D eigenvalue weighted by atomic mass is 10.3. The number of nitrogens with one attached hydrogen (secondary N) is 1. The summed E-state index contributed by atoms with van der Waals surface area (Å²) in [5.41, 5.74) is 6.88. The first kappa shape index (κ1) is 13.1. The van der Waals surface area contributed by atoms with E-state index < -0.39 is 0 Å². The Balaban J connectivity index is 2.25. The van der Waals surface area contributed by atoms with Crippen LogP contribution in [0, 0.1) is 0 Å². The molecule has 0 atom stereocenters. The molecule has 1 aromatic carbocycles. The first-order valence-electron chi connectivity index (χ1n) is 5.05. The highest BCUT2D eigenvalue weighted by Gasteiger charge is 2.03. The average molecular weight is 298 g/mol. The largest absolute Gasteiger partial charge is 0.388 e. The minimum absolute atomic E-state index is 0.257. The molecule has 3 nitrogen and oxygen atoms in total. The van der Waals surface area contributed by atoms with Gasteiger partial charge in [-0.2, -0.15) is 0 Å². The molecule has 0 aliphatic carbocycles. The molecule has 2 rings (SSSR count). The van der Waals surface area contributed by atoms with Crippen molar-refractivity contribution < 1.29 is 0 Å². The van der Waals surface area contributed by atoms with Gasteiger partial charge in [0.25, 0.3) is 0 Å². The second-order valence-electron chi connectivity index (χ2n) is 3.53. The lowest BCUT2D eigenvalue weighted by molar-refractivity contribution is 1.28. The lowest BCUT2D eigenvalue weighted by Crippen LogP contribution is -2.12. The van der Waals surface area contributed by atoms with Crippen molar-refractivity contribution in [2.45, 2.75) is 0 Å². The number of halogens is 2. The summed E-state index contributed by atoms with van der Waals surface area (Å²) < 4.78 is 0. The normalized spacial score (nSPS) is 10.1. The Labute approximate surface area is 120 Å². The molecule has 0 amide bonds. The van der Waals surface area contributed by atoms with Crippen LogP contribution in [0.25, 0.3) is 0 Å². The summed E-state index contributed by atoms with van der Waals surface area (Å²) in [4.78, 5) is 4.52. The quantitative estimate of drug-likeness (QED) is 0.847. The summed E-state index contributed by atoms with van der Waals surface area (Å²) in [6.07, 6.45) is 0. The standard InChI is InChI=1S/C12H9Cl2N3S/c13-8-5-4-7(6-9(8)14)16-11-3-1-2-10(17-11)12(15)18/h1-6H,(H2,15,18)(H,16,17). The van der Waals surface area contributed by atoms with E-state index in [1.165, 1.54) is 0 Å². The van der Waals surface area contributed by atoms with Crippen LogP contribution in [0.3, 0.4) is 0 Å². The third kappa shape index (κ3) is 3.10. The van der Waals surface area contributed by atoms with Gasteiger partial charge in [0.1, 0.15) is 10.8 Å². The molecule has 0 aliphatic heterocycles. The van der Waals surface area contributed by atoms with Gasteiger partial charge in [-0.25, -0.2) is 4.98 Å². The number of nitrogens with two attached hydrogens (primary N) is 1. The Morgan fingerprint density at radius 3 is 2.61 bits per heavy atom. The first-order valence-corrected chi connectivity index (χ1v) is 6.21. The van der Waals surface area contributed by atoms with Crippen LogP contribution in [0.4, 0.5) is 11.5 Å². The van der Waals surface area contributed by atoms with Crippen molar-refractivity contribution in [1.82, 2.24) is 4.98 Å². The van der Waals surface area contributed by atoms with Crippen molar-refractivity contribution in [2.75, 3.05) is 5.32 Å². The van der Waals surface area contributed by atoms with Gasteiger partial charge in [0.2, 0.25) is 0 Å². The number of thiocarbonyl (C=S) groups is 1. The number of hydrogen-bond acceptors (Lipinski definition) is 3. The highest BCUT2D eigenvalue weighted by molar-refractivity contribution is 7.80. The van der Waals surface area contributed by atoms with E-state index in [2.05, 4.69) is 10.3 Å². The van der Waals surface area contributed by atoms with Crippen LogP contribution in [-0.4, -0.2) is 9.97 Å². The molecule has 6 heteroatoms. The van der Waals surface area contributed by atoms with E-state index in [-0.39, 0.29) is 4.99 Å². The van der Waals surface area contributed by atoms with Crippen molar-refractivity contribution in [1.29, 1.82) is 0 Å². The fourth-order valence-electron chi connectivity index (χ4n) is 1.36. The van der Waals surface area contributed by atoms with Crippen molar-refractivity contribution in [3.63, 3.8) is 0 Å². The van der Waals surface area contributed by atoms with Gasteiger partial charge in [-0.3, -0.25) is 0 Å². The second kappa shape index (κ2) is 5.52. The van der Waals surface area contributed by atoms with Crippen LogP contribution in [-0.2, 0) is 0 Å². The van der Waals surface area contributed by atoms with Crippen molar-refractivity contribution in [3.8, 4) is 0 Å². The molecule has 0 saturated carbocycles. The predicted octanol–water partition coefficient (Wildman–Crippen LogP) is 3.77. The highest BCUT2D eigenvalue weighted by atomic mass is 35.5. The molecule has 0 radical (unpaired) electrons. The number of anilines is 2. The van der Waals surface area contributed by atoms with E-state index in [9.17, 15) is 0 Å². The number of benzene rings is 1. The molecule has 92 valence electrons. The summed E-state index contributed by atoms with van der Waals surface area (Å²) in [5.74, 6) is 0.638. The van der Waals surface area contributed by atoms with Crippen LogP contribution in [0.1, 0.15) is 5.69 Å². The second-order valence-corrected chi connectivity index (χ2v) is 4.78. The fraction of sp³-hybridized carbons (Fsp3) is 0. The molecule has 0 aliphatic rings. The van der Waals surface area contributed by atoms with Gasteiger partial charge in [-0.15, -0.1) is 0 Å². The van der Waals surface area contributed by atoms with Crippen molar-refractivity contribution in [3.05, 3.63) is 52.1 Å². The van der Waals surface area contributed by atoms with Gasteiger partial charge in [0, 0.05) is 5.69 Å². The van der Waals surface area contributed by atoms with E-state index in [0.29, 0.717) is 21.6 Å². The van der Waals surface area contributed by atoms with E-state index >= 15 is 0 Å². The van der Waals surface area contributed by atoms with Gasteiger partial charge < -0.3 is 11.1 Å². The molecule has 0 fully saturated rings. The zero-order valence-corrected chi connectivity index (χ0v) is 11.5. The van der Waals surface area contributed by atoms with Crippen LogP contribution in [0.5, 0.6) is 0 Å². The molecule has 3 N–H and O–H groups in total. The molecule has 0 bridgehead atoms. The topological polar surface area (TPSA) is 50.9 Å². The summed E-state index contributed by atoms with van der Waals surface area (Å²) in [7, 11) is 0. The summed E-state index contributed by atoms with van der Waals surface area (Å²) in [5, 5.41) is 4.08. The van der Waals surface area contributed by atoms with Gasteiger partial charge in [-0.1, -0.05) is 41.5 Å². The minimum Gasteiger partial charge on any atom is -0.388 e. The smallest absolute Gasteiger partial charge is 0.131 e. The van der Waals surface area contributed by atoms with Gasteiger partial charge in [-0.05, 0) is 30.3 Å².